The van der Waals surface area contributed by atoms with Crippen LogP contribution >= 0.6 is 0 Å². The molecule has 1 heterocycles. The normalized spacial score (nSPS) is 14.7. The number of ether oxygens (including phenoxy) is 2. The second-order valence-corrected chi connectivity index (χ2v) is 4.51. The van der Waals surface area contributed by atoms with Crippen LogP contribution in [0.5, 0.6) is 5.75 Å². The number of nitrogens with one attached hydrogen (secondary N) is 1. The Morgan fingerprint density at radius 3 is 2.82 bits per heavy atom. The standard InChI is InChI=1S/C13H13F3N2O4/c14-13(15,16)22-10-3-1-2-9(6-10)7-17-11(19)8-18-4-5-21-12(18)20/h1-3,6H,4-5,7-8H2,(H,17,19). The average molecular weight is 318 g/mol. The highest BCUT2D eigenvalue weighted by molar-refractivity contribution is 5.82. The molecule has 0 radical (unpaired) electrons. The molecule has 1 N–H and O–H groups in total. The molecule has 1 aliphatic rings. The van der Waals surface area contributed by atoms with Crippen molar-refractivity contribution in [2.45, 2.75) is 12.9 Å². The van der Waals surface area contributed by atoms with E-state index in [0.717, 1.165) is 0 Å². The molecule has 22 heavy (non-hydrogen) atoms. The summed E-state index contributed by atoms with van der Waals surface area (Å²) in [4.78, 5) is 24.1. The van der Waals surface area contributed by atoms with Crippen LogP contribution in [0.3, 0.4) is 0 Å². The highest BCUT2D eigenvalue weighted by Gasteiger charge is 2.31. The van der Waals surface area contributed by atoms with Gasteiger partial charge in [-0.3, -0.25) is 9.69 Å². The Bertz CT molecular complexity index is 562. The monoisotopic (exact) mass is 318 g/mol. The van der Waals surface area contributed by atoms with Crippen molar-refractivity contribution in [1.82, 2.24) is 10.2 Å². The van der Waals surface area contributed by atoms with Crippen LogP contribution < -0.4 is 10.1 Å². The minimum absolute atomic E-state index is 0.0246. The van der Waals surface area contributed by atoms with Gasteiger partial charge in [0.2, 0.25) is 5.91 Å². The van der Waals surface area contributed by atoms with Gasteiger partial charge in [0.15, 0.2) is 0 Å². The molecular formula is C13H13F3N2O4. The van der Waals surface area contributed by atoms with E-state index in [2.05, 4.69) is 14.8 Å². The van der Waals surface area contributed by atoms with Crippen molar-refractivity contribution in [1.29, 1.82) is 0 Å². The molecule has 0 spiro atoms. The third-order valence-corrected chi connectivity index (χ3v) is 2.80. The van der Waals surface area contributed by atoms with Gasteiger partial charge in [0, 0.05) is 6.54 Å². The summed E-state index contributed by atoms with van der Waals surface area (Å²) in [5, 5.41) is 2.51. The molecule has 1 saturated heterocycles. The molecule has 1 aliphatic heterocycles. The van der Waals surface area contributed by atoms with E-state index in [1.165, 1.54) is 23.1 Å². The average Bonchev–Trinajstić information content (AvgIpc) is 2.80. The number of hydrogen-bond donors (Lipinski definition) is 1. The fourth-order valence-electron chi connectivity index (χ4n) is 1.85. The number of nitrogens with zero attached hydrogens (tertiary/aromatic N) is 1. The molecule has 2 amide bonds. The lowest BCUT2D eigenvalue weighted by Crippen LogP contribution is -2.37. The van der Waals surface area contributed by atoms with Gasteiger partial charge in [-0.2, -0.15) is 0 Å². The predicted molar refractivity (Wildman–Crippen MR) is 67.9 cm³/mol. The molecule has 1 aromatic carbocycles. The molecule has 0 saturated carbocycles. The Labute approximate surface area is 123 Å². The number of benzene rings is 1. The lowest BCUT2D eigenvalue weighted by molar-refractivity contribution is -0.274. The lowest BCUT2D eigenvalue weighted by atomic mass is 10.2. The van der Waals surface area contributed by atoms with E-state index in [-0.39, 0.29) is 25.4 Å². The maximum atomic E-state index is 12.1. The van der Waals surface area contributed by atoms with Crippen molar-refractivity contribution in [3.63, 3.8) is 0 Å². The zero-order chi connectivity index (χ0) is 16.2. The Hall–Kier alpha value is -2.45. The maximum absolute atomic E-state index is 12.1. The first kappa shape index (κ1) is 15.9. The van der Waals surface area contributed by atoms with E-state index >= 15 is 0 Å². The molecule has 2 rings (SSSR count). The van der Waals surface area contributed by atoms with Crippen LogP contribution in [0.4, 0.5) is 18.0 Å². The summed E-state index contributed by atoms with van der Waals surface area (Å²) in [5.41, 5.74) is 0.444. The van der Waals surface area contributed by atoms with E-state index in [1.54, 1.807) is 6.07 Å². The summed E-state index contributed by atoms with van der Waals surface area (Å²) in [5.74, 6) is -0.789. The summed E-state index contributed by atoms with van der Waals surface area (Å²) in [6.07, 6.45) is -5.33. The third kappa shape index (κ3) is 4.83. The summed E-state index contributed by atoms with van der Waals surface area (Å²) < 4.78 is 44.8. The van der Waals surface area contributed by atoms with Crippen LogP contribution in [0.15, 0.2) is 24.3 Å². The fourth-order valence-corrected chi connectivity index (χ4v) is 1.85. The minimum Gasteiger partial charge on any atom is -0.448 e. The van der Waals surface area contributed by atoms with Gasteiger partial charge in [-0.1, -0.05) is 12.1 Å². The lowest BCUT2D eigenvalue weighted by Gasteiger charge is -2.13. The largest absolute Gasteiger partial charge is 0.573 e. The minimum atomic E-state index is -4.77. The van der Waals surface area contributed by atoms with Crippen LogP contribution in [0.2, 0.25) is 0 Å². The second kappa shape index (κ2) is 6.54. The molecule has 0 aliphatic carbocycles. The number of halogens is 3. The van der Waals surface area contributed by atoms with Gasteiger partial charge in [-0.15, -0.1) is 13.2 Å². The fraction of sp³-hybridized carbons (Fsp3) is 0.385. The zero-order valence-corrected chi connectivity index (χ0v) is 11.4. The zero-order valence-electron chi connectivity index (χ0n) is 11.4. The van der Waals surface area contributed by atoms with Crippen molar-refractivity contribution in [2.75, 3.05) is 19.7 Å². The van der Waals surface area contributed by atoms with E-state index in [1.807, 2.05) is 0 Å². The quantitative estimate of drug-likeness (QED) is 0.896. The van der Waals surface area contributed by atoms with Gasteiger partial charge in [0.25, 0.3) is 0 Å². The first-order valence-electron chi connectivity index (χ1n) is 6.36. The summed E-state index contributed by atoms with van der Waals surface area (Å²) >= 11 is 0. The van der Waals surface area contributed by atoms with Crippen molar-refractivity contribution >= 4 is 12.0 Å². The molecule has 6 nitrogen and oxygen atoms in total. The Morgan fingerprint density at radius 2 is 2.18 bits per heavy atom. The molecule has 1 fully saturated rings. The molecule has 120 valence electrons. The van der Waals surface area contributed by atoms with Gasteiger partial charge in [0.1, 0.15) is 18.9 Å². The Kier molecular flexibility index (Phi) is 4.74. The van der Waals surface area contributed by atoms with E-state index < -0.39 is 18.4 Å². The SMILES string of the molecule is O=C(CN1CCOC1=O)NCc1cccc(OC(F)(F)F)c1. The number of cyclic esters (lactones) is 1. The molecule has 0 aromatic heterocycles. The Morgan fingerprint density at radius 1 is 1.41 bits per heavy atom. The predicted octanol–water partition coefficient (Wildman–Crippen LogP) is 1.65. The van der Waals surface area contributed by atoms with Crippen molar-refractivity contribution in [3.8, 4) is 5.75 Å². The van der Waals surface area contributed by atoms with Crippen LogP contribution in [0, 0.1) is 0 Å². The number of rotatable bonds is 5. The number of carbonyl (C=O) groups is 2. The van der Waals surface area contributed by atoms with Crippen molar-refractivity contribution in [2.24, 2.45) is 0 Å². The van der Waals surface area contributed by atoms with Crippen molar-refractivity contribution in [3.05, 3.63) is 29.8 Å². The van der Waals surface area contributed by atoms with Crippen LogP contribution in [-0.4, -0.2) is 43.0 Å². The van der Waals surface area contributed by atoms with Crippen LogP contribution in [-0.2, 0) is 16.1 Å². The summed E-state index contributed by atoms with van der Waals surface area (Å²) in [7, 11) is 0. The van der Waals surface area contributed by atoms with E-state index in [4.69, 9.17) is 0 Å². The second-order valence-electron chi connectivity index (χ2n) is 4.51. The van der Waals surface area contributed by atoms with E-state index in [0.29, 0.717) is 12.1 Å². The number of amides is 2. The molecule has 0 atom stereocenters. The molecular weight excluding hydrogens is 305 g/mol. The first-order chi connectivity index (χ1) is 10.3. The highest BCUT2D eigenvalue weighted by Crippen LogP contribution is 2.23. The smallest absolute Gasteiger partial charge is 0.448 e. The number of carbonyl (C=O) groups excluding carboxylic acids is 2. The van der Waals surface area contributed by atoms with Gasteiger partial charge in [0.05, 0.1) is 6.54 Å². The summed E-state index contributed by atoms with van der Waals surface area (Å²) in [6, 6.07) is 5.28. The molecule has 1 aromatic rings. The van der Waals surface area contributed by atoms with Gasteiger partial charge in [-0.25, -0.2) is 4.79 Å². The maximum Gasteiger partial charge on any atom is 0.573 e. The number of hydrogen-bond acceptors (Lipinski definition) is 4. The highest BCUT2D eigenvalue weighted by atomic mass is 19.4. The van der Waals surface area contributed by atoms with Gasteiger partial charge in [-0.05, 0) is 17.7 Å². The van der Waals surface area contributed by atoms with Crippen molar-refractivity contribution < 1.29 is 32.2 Å². The number of alkyl halides is 3. The summed E-state index contributed by atoms with van der Waals surface area (Å²) in [6.45, 7) is 0.443. The topological polar surface area (TPSA) is 67.9 Å². The van der Waals surface area contributed by atoms with Gasteiger partial charge < -0.3 is 14.8 Å². The van der Waals surface area contributed by atoms with E-state index in [9.17, 15) is 22.8 Å². The van der Waals surface area contributed by atoms with Gasteiger partial charge >= 0.3 is 12.5 Å². The molecule has 9 heteroatoms. The Balaban J connectivity index is 1.84. The molecule has 0 bridgehead atoms. The molecule has 0 unspecified atom stereocenters. The van der Waals surface area contributed by atoms with Crippen LogP contribution in [0.25, 0.3) is 0 Å². The van der Waals surface area contributed by atoms with Crippen LogP contribution in [0.1, 0.15) is 5.56 Å². The first-order valence-corrected chi connectivity index (χ1v) is 6.36. The third-order valence-electron chi connectivity index (χ3n) is 2.80.